The Morgan fingerprint density at radius 2 is 1.78 bits per heavy atom. The maximum Gasteiger partial charge on any atom is 0.190 e. The molecule has 27 heavy (non-hydrogen) atoms. The van der Waals surface area contributed by atoms with Gasteiger partial charge in [-0.2, -0.15) is 0 Å². The molecule has 0 saturated carbocycles. The summed E-state index contributed by atoms with van der Waals surface area (Å²) < 4.78 is 3.46. The van der Waals surface area contributed by atoms with Gasteiger partial charge in [0.2, 0.25) is 0 Å². The molecule has 3 aromatic rings. The first-order valence-electron chi connectivity index (χ1n) is 9.24. The fraction of sp³-hybridized carbons (Fsp3) is 0.130. The number of hydrogen-bond donors (Lipinski definition) is 0. The maximum atomic E-state index is 13.2. The summed E-state index contributed by atoms with van der Waals surface area (Å²) in [4.78, 5) is 19.2. The lowest BCUT2D eigenvalue weighted by Gasteiger charge is -2.09. The number of para-hydroxylation sites is 1. The fourth-order valence-electron chi connectivity index (χ4n) is 4.42. The summed E-state index contributed by atoms with van der Waals surface area (Å²) in [5.41, 5.74) is 5.50. The van der Waals surface area contributed by atoms with E-state index in [1.807, 2.05) is 30.3 Å². The molecule has 0 fully saturated rings. The van der Waals surface area contributed by atoms with Crippen LogP contribution in [0.3, 0.4) is 0 Å². The van der Waals surface area contributed by atoms with Gasteiger partial charge in [0.25, 0.3) is 0 Å². The van der Waals surface area contributed by atoms with E-state index in [4.69, 9.17) is 4.98 Å². The Morgan fingerprint density at radius 1 is 0.963 bits per heavy atom. The first kappa shape index (κ1) is 15.1. The van der Waals surface area contributed by atoms with Crippen molar-refractivity contribution in [2.45, 2.75) is 19.4 Å². The van der Waals surface area contributed by atoms with Gasteiger partial charge in [-0.1, -0.05) is 42.5 Å². The quantitative estimate of drug-likeness (QED) is 0.375. The highest BCUT2D eigenvalue weighted by Gasteiger charge is 2.28. The molecule has 0 bridgehead atoms. The molecule has 3 aliphatic rings. The average Bonchev–Trinajstić information content (AvgIpc) is 3.28. The number of fused-ring (bicyclic) bond motifs is 6. The van der Waals surface area contributed by atoms with E-state index in [1.165, 1.54) is 5.69 Å². The first-order valence-corrected chi connectivity index (χ1v) is 10.1. The van der Waals surface area contributed by atoms with Crippen LogP contribution >= 0.6 is 11.3 Å². The van der Waals surface area contributed by atoms with Crippen molar-refractivity contribution in [2.75, 3.05) is 0 Å². The van der Waals surface area contributed by atoms with Crippen molar-refractivity contribution in [3.63, 3.8) is 0 Å². The summed E-state index contributed by atoms with van der Waals surface area (Å²) >= 11 is 1.66. The molecule has 0 unspecified atom stereocenters. The van der Waals surface area contributed by atoms with Crippen LogP contribution in [-0.4, -0.2) is 9.55 Å². The minimum atomic E-state index is 0.103. The van der Waals surface area contributed by atoms with E-state index in [2.05, 4.69) is 28.8 Å². The standard InChI is InChI=1S/C23H16N2OS/c26-17-13-19-22(24-15-9-4-5-11-18(15)27-19)20-16-10-6-12-25(16)23(21(17)20)14-7-2-1-3-8-14/h1-5,7-9,11,13H,6,10,12H2. The molecule has 2 aromatic carbocycles. The van der Waals surface area contributed by atoms with Gasteiger partial charge >= 0.3 is 0 Å². The topological polar surface area (TPSA) is 34.9 Å². The zero-order valence-corrected chi connectivity index (χ0v) is 15.4. The van der Waals surface area contributed by atoms with Crippen molar-refractivity contribution in [1.82, 2.24) is 9.55 Å². The van der Waals surface area contributed by atoms with Crippen LogP contribution in [0.2, 0.25) is 0 Å². The SMILES string of the molecule is O=c1cc2sc3ccccc3nc-2c2c3n(c(-c4ccccc4)c12)CCC3. The van der Waals surface area contributed by atoms with E-state index in [0.29, 0.717) is 0 Å². The van der Waals surface area contributed by atoms with Crippen LogP contribution in [0, 0.1) is 0 Å². The molecule has 0 amide bonds. The van der Waals surface area contributed by atoms with Gasteiger partial charge in [-0.25, -0.2) is 4.98 Å². The molecule has 0 atom stereocenters. The van der Waals surface area contributed by atoms with E-state index in [1.54, 1.807) is 17.4 Å². The van der Waals surface area contributed by atoms with E-state index in [0.717, 1.165) is 62.2 Å². The number of benzene rings is 3. The molecule has 130 valence electrons. The van der Waals surface area contributed by atoms with Gasteiger partial charge in [-0.15, -0.1) is 11.3 Å². The van der Waals surface area contributed by atoms with Crippen LogP contribution in [-0.2, 0) is 13.0 Å². The van der Waals surface area contributed by atoms with Crippen molar-refractivity contribution in [3.05, 3.63) is 76.6 Å². The zero-order chi connectivity index (χ0) is 18.0. The normalized spacial score (nSPS) is 13.6. The van der Waals surface area contributed by atoms with E-state index >= 15 is 0 Å². The van der Waals surface area contributed by atoms with Crippen molar-refractivity contribution in [1.29, 1.82) is 0 Å². The Hall–Kier alpha value is -2.98. The van der Waals surface area contributed by atoms with Crippen molar-refractivity contribution >= 4 is 32.3 Å². The second-order valence-electron chi connectivity index (χ2n) is 7.07. The number of aromatic nitrogens is 2. The van der Waals surface area contributed by atoms with Crippen molar-refractivity contribution in [2.24, 2.45) is 0 Å². The predicted octanol–water partition coefficient (Wildman–Crippen LogP) is 5.33. The van der Waals surface area contributed by atoms with Gasteiger partial charge in [-0.05, 0) is 30.5 Å². The van der Waals surface area contributed by atoms with E-state index in [9.17, 15) is 4.79 Å². The molecule has 6 rings (SSSR count). The lowest BCUT2D eigenvalue weighted by atomic mass is 10.0. The molecule has 0 spiro atoms. The van der Waals surface area contributed by atoms with Crippen LogP contribution in [0.25, 0.3) is 42.8 Å². The van der Waals surface area contributed by atoms with Gasteiger partial charge in [0.05, 0.1) is 31.9 Å². The summed E-state index contributed by atoms with van der Waals surface area (Å²) in [6, 6.07) is 20.2. The molecular weight excluding hydrogens is 352 g/mol. The van der Waals surface area contributed by atoms with Gasteiger partial charge < -0.3 is 4.57 Å². The van der Waals surface area contributed by atoms with Gasteiger partial charge in [0.15, 0.2) is 5.43 Å². The van der Waals surface area contributed by atoms with Crippen LogP contribution in [0.4, 0.5) is 0 Å². The second kappa shape index (κ2) is 5.51. The summed E-state index contributed by atoms with van der Waals surface area (Å²) in [6.45, 7) is 0.964. The lowest BCUT2D eigenvalue weighted by Crippen LogP contribution is -2.04. The predicted molar refractivity (Wildman–Crippen MR) is 112 cm³/mol. The molecule has 0 N–H and O–H groups in total. The molecule has 1 aromatic heterocycles. The Bertz CT molecular complexity index is 1360. The number of hydrogen-bond acceptors (Lipinski definition) is 3. The van der Waals surface area contributed by atoms with Crippen LogP contribution < -0.4 is 5.43 Å². The summed E-state index contributed by atoms with van der Waals surface area (Å²) in [5.74, 6) is 0. The average molecular weight is 368 g/mol. The van der Waals surface area contributed by atoms with Crippen LogP contribution in [0.5, 0.6) is 0 Å². The van der Waals surface area contributed by atoms with Crippen molar-refractivity contribution < 1.29 is 0 Å². The van der Waals surface area contributed by atoms with Crippen LogP contribution in [0.1, 0.15) is 12.1 Å². The third-order valence-electron chi connectivity index (χ3n) is 5.51. The molecule has 0 saturated heterocycles. The Morgan fingerprint density at radius 3 is 2.67 bits per heavy atom. The molecule has 1 aliphatic carbocycles. The minimum absolute atomic E-state index is 0.103. The lowest BCUT2D eigenvalue weighted by molar-refractivity contribution is 0.758. The zero-order valence-electron chi connectivity index (χ0n) is 14.6. The first-order chi connectivity index (χ1) is 13.3. The molecule has 3 nitrogen and oxygen atoms in total. The monoisotopic (exact) mass is 368 g/mol. The number of aryl methyl sites for hydroxylation is 1. The molecule has 2 aliphatic heterocycles. The highest BCUT2D eigenvalue weighted by Crippen LogP contribution is 2.42. The number of nitrogens with zero attached hydrogens (tertiary/aromatic N) is 2. The number of rotatable bonds is 1. The Labute approximate surface area is 159 Å². The van der Waals surface area contributed by atoms with Crippen LogP contribution in [0.15, 0.2) is 65.5 Å². The highest BCUT2D eigenvalue weighted by molar-refractivity contribution is 7.21. The summed E-state index contributed by atoms with van der Waals surface area (Å²) in [6.07, 6.45) is 2.12. The summed E-state index contributed by atoms with van der Waals surface area (Å²) in [5, 5.41) is 1.90. The Balaban J connectivity index is 1.84. The fourth-order valence-corrected chi connectivity index (χ4v) is 5.43. The van der Waals surface area contributed by atoms with Gasteiger partial charge in [0, 0.05) is 23.7 Å². The van der Waals surface area contributed by atoms with Gasteiger partial charge in [0.1, 0.15) is 0 Å². The van der Waals surface area contributed by atoms with E-state index in [-0.39, 0.29) is 5.43 Å². The minimum Gasteiger partial charge on any atom is -0.343 e. The molecular formula is C23H16N2OS. The third-order valence-corrected chi connectivity index (χ3v) is 6.61. The smallest absolute Gasteiger partial charge is 0.190 e. The maximum absolute atomic E-state index is 13.2. The highest BCUT2D eigenvalue weighted by atomic mass is 32.1. The molecule has 3 heterocycles. The third kappa shape index (κ3) is 2.07. The van der Waals surface area contributed by atoms with Gasteiger partial charge in [-0.3, -0.25) is 4.79 Å². The Kier molecular flexibility index (Phi) is 3.08. The second-order valence-corrected chi connectivity index (χ2v) is 8.15. The largest absolute Gasteiger partial charge is 0.343 e. The van der Waals surface area contributed by atoms with E-state index < -0.39 is 0 Å². The summed E-state index contributed by atoms with van der Waals surface area (Å²) in [7, 11) is 0. The molecule has 0 radical (unpaired) electrons. The van der Waals surface area contributed by atoms with Crippen molar-refractivity contribution in [3.8, 4) is 21.8 Å². The molecule has 4 heteroatoms.